The molecule has 20 heteroatoms. The van der Waals surface area contributed by atoms with Crippen molar-refractivity contribution in [3.8, 4) is 5.75 Å². The van der Waals surface area contributed by atoms with Crippen LogP contribution >= 0.6 is 0 Å². The molecule has 312 valence electrons. The predicted molar refractivity (Wildman–Crippen MR) is 198 cm³/mol. The molecule has 1 amide bonds. The number of hydrogen-bond donors (Lipinski definition) is 5. The number of aliphatic hydroxyl groups is 4. The molecule has 6 rings (SSSR count). The molecular weight excluding hydrogens is 752 g/mol. The van der Waals surface area contributed by atoms with Crippen LogP contribution in [-0.2, 0) is 42.7 Å². The van der Waals surface area contributed by atoms with Gasteiger partial charge in [-0.15, -0.1) is 0 Å². The van der Waals surface area contributed by atoms with E-state index >= 15 is 0 Å². The molecule has 0 saturated carbocycles. The maximum Gasteiger partial charge on any atom is 0.324 e. The molecule has 12 atom stereocenters. The van der Waals surface area contributed by atoms with Crippen LogP contribution in [0.15, 0.2) is 54.2 Å². The van der Waals surface area contributed by atoms with Gasteiger partial charge in [0.15, 0.2) is 35.4 Å². The van der Waals surface area contributed by atoms with E-state index in [-0.39, 0.29) is 17.5 Å². The molecule has 3 aliphatic heterocycles. The summed E-state index contributed by atoms with van der Waals surface area (Å²) >= 11 is 0. The van der Waals surface area contributed by atoms with E-state index in [0.29, 0.717) is 28.1 Å². The Morgan fingerprint density at radius 3 is 2.28 bits per heavy atom. The van der Waals surface area contributed by atoms with Crippen molar-refractivity contribution >= 4 is 29.0 Å². The number of methoxy groups -OCH3 is 4. The first-order valence-corrected chi connectivity index (χ1v) is 18.1. The van der Waals surface area contributed by atoms with Crippen molar-refractivity contribution in [1.29, 1.82) is 0 Å². The fraction of sp³-hybridized carbons (Fsp3) is 0.568. The molecule has 20 nitrogen and oxygen atoms in total. The van der Waals surface area contributed by atoms with E-state index in [4.69, 9.17) is 42.6 Å². The minimum atomic E-state index is -1.58. The van der Waals surface area contributed by atoms with Crippen LogP contribution in [0.25, 0.3) is 17.2 Å². The van der Waals surface area contributed by atoms with Crippen molar-refractivity contribution in [2.75, 3.05) is 54.0 Å². The Morgan fingerprint density at radius 1 is 0.947 bits per heavy atom. The average Bonchev–Trinajstić information content (AvgIpc) is 3.86. The van der Waals surface area contributed by atoms with Crippen LogP contribution in [-0.4, -0.2) is 162 Å². The number of amides is 1. The number of nitrogens with one attached hydrogen (secondary N) is 1. The topological polar surface area (TPSA) is 240 Å². The van der Waals surface area contributed by atoms with Gasteiger partial charge < -0.3 is 73.3 Å². The number of rotatable bonds is 14. The molecule has 12 unspecified atom stereocenters. The SMILES string of the molecule is COC(OC1OC(C)C(OC)C(OC)C1OC)=C1OC(Oc2ccc(C=C(C)C(=O)NC3C(CO)OC(n4cnc5c(N(C)C)ncnc54)C3O)cc2)C(O)C1O. The van der Waals surface area contributed by atoms with Gasteiger partial charge in [0.05, 0.1) is 32.2 Å². The zero-order chi connectivity index (χ0) is 41.1. The molecule has 0 radical (unpaired) electrons. The zero-order valence-corrected chi connectivity index (χ0v) is 32.8. The molecule has 0 aliphatic carbocycles. The smallest absolute Gasteiger partial charge is 0.324 e. The van der Waals surface area contributed by atoms with Crippen molar-refractivity contribution in [1.82, 2.24) is 24.8 Å². The molecule has 57 heavy (non-hydrogen) atoms. The highest BCUT2D eigenvalue weighted by Crippen LogP contribution is 2.35. The lowest BCUT2D eigenvalue weighted by atomic mass is 9.99. The normalized spacial score (nSPS) is 32.5. The number of aromatic nitrogens is 4. The lowest BCUT2D eigenvalue weighted by molar-refractivity contribution is -0.304. The van der Waals surface area contributed by atoms with Crippen LogP contribution in [0.3, 0.4) is 0 Å². The second kappa shape index (κ2) is 17.9. The average molecular weight is 803 g/mol. The highest BCUT2D eigenvalue weighted by atomic mass is 16.8. The first-order valence-electron chi connectivity index (χ1n) is 18.1. The molecule has 1 aromatic carbocycles. The molecule has 2 aromatic heterocycles. The van der Waals surface area contributed by atoms with Gasteiger partial charge in [-0.3, -0.25) is 9.36 Å². The van der Waals surface area contributed by atoms with Gasteiger partial charge >= 0.3 is 5.95 Å². The van der Waals surface area contributed by atoms with Crippen molar-refractivity contribution in [3.05, 3.63) is 59.8 Å². The zero-order valence-electron chi connectivity index (χ0n) is 32.8. The number of benzene rings is 1. The second-order valence-electron chi connectivity index (χ2n) is 13.9. The lowest BCUT2D eigenvalue weighted by Crippen LogP contribution is -2.59. The van der Waals surface area contributed by atoms with Crippen molar-refractivity contribution in [2.24, 2.45) is 0 Å². The van der Waals surface area contributed by atoms with Gasteiger partial charge in [0.25, 0.3) is 6.29 Å². The third-order valence-corrected chi connectivity index (χ3v) is 10.0. The minimum absolute atomic E-state index is 0.219. The van der Waals surface area contributed by atoms with E-state index in [9.17, 15) is 25.2 Å². The van der Waals surface area contributed by atoms with Crippen LogP contribution in [0.5, 0.6) is 5.75 Å². The number of ether oxygens (including phenoxy) is 9. The van der Waals surface area contributed by atoms with Crippen LogP contribution in [0.2, 0.25) is 0 Å². The molecule has 3 aromatic rings. The van der Waals surface area contributed by atoms with Gasteiger partial charge in [-0.2, -0.15) is 0 Å². The Labute approximate surface area is 328 Å². The summed E-state index contributed by atoms with van der Waals surface area (Å²) in [6.45, 7) is 2.92. The van der Waals surface area contributed by atoms with E-state index in [1.54, 1.807) is 53.7 Å². The fourth-order valence-electron chi connectivity index (χ4n) is 7.07. The van der Waals surface area contributed by atoms with Gasteiger partial charge in [0.2, 0.25) is 18.0 Å². The molecule has 5 N–H and O–H groups in total. The number of nitrogens with zero attached hydrogens (tertiary/aromatic N) is 5. The van der Waals surface area contributed by atoms with E-state index in [1.807, 2.05) is 14.1 Å². The van der Waals surface area contributed by atoms with Gasteiger partial charge in [0, 0.05) is 41.0 Å². The van der Waals surface area contributed by atoms with E-state index in [1.165, 1.54) is 41.1 Å². The number of fused-ring (bicyclic) bond motifs is 1. The Hall–Kier alpha value is -4.64. The summed E-state index contributed by atoms with van der Waals surface area (Å²) in [5.74, 6) is -0.114. The summed E-state index contributed by atoms with van der Waals surface area (Å²) < 4.78 is 53.3. The van der Waals surface area contributed by atoms with E-state index in [0.717, 1.165) is 0 Å². The monoisotopic (exact) mass is 802 g/mol. The molecule has 3 saturated heterocycles. The van der Waals surface area contributed by atoms with Crippen LogP contribution < -0.4 is 15.0 Å². The standard InChI is InChI=1S/C37H50N6O14/c1-17(33(48)41-22-21(14-44)55-34(24(22)45)43-16-40-23-31(42(3)4)38-15-39-32(23)43)13-19-9-11-20(12-10-19)54-35-26(47)25(46)28(56-35)36(52-8)57-37-30(51-7)29(50-6)27(49-5)18(2)53-37/h9-13,15-16,18,21-22,24-27,29-30,34-35,37,44-47H,14H2,1-8H3,(H,41,48). The quantitative estimate of drug-likeness (QED) is 0.105. The Kier molecular flexibility index (Phi) is 13.2. The van der Waals surface area contributed by atoms with E-state index in [2.05, 4.69) is 20.3 Å². The van der Waals surface area contributed by atoms with Crippen LogP contribution in [0.4, 0.5) is 5.82 Å². The third kappa shape index (κ3) is 8.36. The van der Waals surface area contributed by atoms with Crippen LogP contribution in [0.1, 0.15) is 25.6 Å². The highest BCUT2D eigenvalue weighted by Gasteiger charge is 2.50. The maximum atomic E-state index is 13.3. The number of carbonyl (C=O) groups is 1. The first kappa shape index (κ1) is 42.0. The van der Waals surface area contributed by atoms with Gasteiger partial charge in [-0.1, -0.05) is 12.1 Å². The number of aliphatic hydroxyl groups excluding tert-OH is 4. The summed E-state index contributed by atoms with van der Waals surface area (Å²) in [5.41, 5.74) is 1.84. The fourth-order valence-corrected chi connectivity index (χ4v) is 7.07. The summed E-state index contributed by atoms with van der Waals surface area (Å²) in [7, 11) is 9.46. The molecule has 5 heterocycles. The molecular formula is C37H50N6O14. The number of imidazole rings is 1. The van der Waals surface area contributed by atoms with Gasteiger partial charge in [0.1, 0.15) is 42.6 Å². The predicted octanol–water partition coefficient (Wildman–Crippen LogP) is -0.190. The minimum Gasteiger partial charge on any atom is -0.466 e. The van der Waals surface area contributed by atoms with Crippen molar-refractivity contribution < 1.29 is 67.9 Å². The third-order valence-electron chi connectivity index (χ3n) is 10.0. The maximum absolute atomic E-state index is 13.3. The van der Waals surface area contributed by atoms with Crippen LogP contribution in [0, 0.1) is 0 Å². The van der Waals surface area contributed by atoms with Gasteiger partial charge in [-0.25, -0.2) is 15.0 Å². The van der Waals surface area contributed by atoms with Gasteiger partial charge in [-0.05, 0) is 37.6 Å². The Bertz CT molecular complexity index is 1910. The Morgan fingerprint density at radius 2 is 1.65 bits per heavy atom. The number of anilines is 1. The van der Waals surface area contributed by atoms with Crippen molar-refractivity contribution in [2.45, 2.75) is 87.5 Å². The molecule has 0 spiro atoms. The second-order valence-corrected chi connectivity index (χ2v) is 13.9. The highest BCUT2D eigenvalue weighted by molar-refractivity contribution is 5.97. The summed E-state index contributed by atoms with van der Waals surface area (Å²) in [6, 6.07) is 5.57. The molecule has 3 fully saturated rings. The summed E-state index contributed by atoms with van der Waals surface area (Å²) in [6.07, 6.45) is -6.42. The number of hydrogen-bond acceptors (Lipinski definition) is 18. The Balaban J connectivity index is 1.09. The summed E-state index contributed by atoms with van der Waals surface area (Å²) in [5, 5.41) is 45.9. The lowest BCUT2D eigenvalue weighted by Gasteiger charge is -2.43. The van der Waals surface area contributed by atoms with E-state index < -0.39 is 86.2 Å². The summed E-state index contributed by atoms with van der Waals surface area (Å²) in [4.78, 5) is 28.1. The largest absolute Gasteiger partial charge is 0.466 e. The first-order chi connectivity index (χ1) is 27.3. The molecule has 3 aliphatic rings. The molecule has 0 bridgehead atoms. The van der Waals surface area contributed by atoms with Crippen molar-refractivity contribution in [3.63, 3.8) is 0 Å². The number of carbonyl (C=O) groups excluding carboxylic acids is 1.